The van der Waals surface area contributed by atoms with E-state index in [1.807, 2.05) is 80.6 Å². The lowest BCUT2D eigenvalue weighted by Gasteiger charge is -2.55. The average Bonchev–Trinajstić information content (AvgIpc) is 2.80. The first kappa shape index (κ1) is 21.3. The van der Waals surface area contributed by atoms with Crippen LogP contribution in [0, 0.1) is 5.41 Å². The van der Waals surface area contributed by atoms with E-state index in [2.05, 4.69) is 0 Å². The Morgan fingerprint density at radius 1 is 0.871 bits per heavy atom. The molecule has 160 valence electrons. The fourth-order valence-electron chi connectivity index (χ4n) is 5.15. The molecule has 5 nitrogen and oxygen atoms in total. The number of esters is 2. The van der Waals surface area contributed by atoms with Crippen LogP contribution in [0.4, 0.5) is 0 Å². The van der Waals surface area contributed by atoms with Gasteiger partial charge >= 0.3 is 11.9 Å². The average molecular weight is 436 g/mol. The van der Waals surface area contributed by atoms with E-state index < -0.39 is 29.7 Å². The molecule has 2 aliphatic heterocycles. The highest BCUT2D eigenvalue weighted by molar-refractivity contribution is 7.73. The van der Waals surface area contributed by atoms with E-state index in [0.29, 0.717) is 10.9 Å². The van der Waals surface area contributed by atoms with Crippen LogP contribution in [0.15, 0.2) is 83.5 Å². The second-order valence-electron chi connectivity index (χ2n) is 8.26. The number of benzene rings is 2. The summed E-state index contributed by atoms with van der Waals surface area (Å²) in [4.78, 5) is 26.4. The van der Waals surface area contributed by atoms with Crippen molar-refractivity contribution in [1.29, 1.82) is 0 Å². The summed E-state index contributed by atoms with van der Waals surface area (Å²) in [6.07, 6.45) is 2.13. The Morgan fingerprint density at radius 3 is 1.94 bits per heavy atom. The lowest BCUT2D eigenvalue weighted by Crippen LogP contribution is -2.52. The fraction of sp³-hybridized carbons (Fsp3) is 0.280. The van der Waals surface area contributed by atoms with E-state index in [1.54, 1.807) is 0 Å². The maximum Gasteiger partial charge on any atom is 0.336 e. The molecule has 0 saturated carbocycles. The van der Waals surface area contributed by atoms with Crippen molar-refractivity contribution in [2.24, 2.45) is 5.41 Å². The van der Waals surface area contributed by atoms with Gasteiger partial charge in [-0.25, -0.2) is 9.59 Å². The molecular formula is C25H25O5P. The minimum absolute atomic E-state index is 0.111. The first-order chi connectivity index (χ1) is 14.8. The molecule has 3 aliphatic rings. The van der Waals surface area contributed by atoms with E-state index in [9.17, 15) is 9.59 Å². The zero-order chi connectivity index (χ0) is 22.4. The number of allylic oxidation sites excluding steroid dienone is 2. The number of methoxy groups -OCH3 is 2. The lowest BCUT2D eigenvalue weighted by molar-refractivity contribution is -0.140. The molecule has 3 unspecified atom stereocenters. The van der Waals surface area contributed by atoms with Gasteiger partial charge in [0.1, 0.15) is 12.3 Å². The van der Waals surface area contributed by atoms with Crippen LogP contribution in [0.25, 0.3) is 0 Å². The Balaban J connectivity index is 2.22. The van der Waals surface area contributed by atoms with Crippen LogP contribution < -0.4 is 5.30 Å². The van der Waals surface area contributed by atoms with Crippen LogP contribution in [0.1, 0.15) is 19.4 Å². The molecule has 0 saturated heterocycles. The predicted molar refractivity (Wildman–Crippen MR) is 120 cm³/mol. The monoisotopic (exact) mass is 436 g/mol. The molecule has 2 bridgehead atoms. The Hall–Kier alpha value is -2.91. The summed E-state index contributed by atoms with van der Waals surface area (Å²) in [6.45, 7) is 3.78. The van der Waals surface area contributed by atoms with E-state index >= 15 is 4.57 Å². The maximum atomic E-state index is 15.1. The van der Waals surface area contributed by atoms with Crippen molar-refractivity contribution in [3.8, 4) is 0 Å². The molecule has 1 aliphatic carbocycles. The highest BCUT2D eigenvalue weighted by Gasteiger charge is 2.66. The molecule has 2 heterocycles. The van der Waals surface area contributed by atoms with Crippen LogP contribution >= 0.6 is 7.14 Å². The number of hydrogen-bond donors (Lipinski definition) is 0. The zero-order valence-electron chi connectivity index (χ0n) is 18.0. The molecule has 0 N–H and O–H groups in total. The number of carbonyl (C=O) groups is 2. The van der Waals surface area contributed by atoms with E-state index in [-0.39, 0.29) is 17.3 Å². The molecule has 6 heteroatoms. The van der Waals surface area contributed by atoms with Gasteiger partial charge in [-0.1, -0.05) is 79.2 Å². The molecule has 0 radical (unpaired) electrons. The fourth-order valence-corrected chi connectivity index (χ4v) is 9.47. The molecule has 3 atom stereocenters. The SMILES string of the molecule is COC(=O)C1=C(C(=O)OC)C2(c3ccccc3)C=C(C)C1(C)CP2(=O)c1ccccc1. The summed E-state index contributed by atoms with van der Waals surface area (Å²) in [6, 6.07) is 18.5. The second kappa shape index (κ2) is 7.35. The van der Waals surface area contributed by atoms with Crippen LogP contribution in [0.5, 0.6) is 0 Å². The van der Waals surface area contributed by atoms with E-state index in [0.717, 1.165) is 5.57 Å². The van der Waals surface area contributed by atoms with Crippen molar-refractivity contribution in [3.05, 3.63) is 89.0 Å². The largest absolute Gasteiger partial charge is 0.466 e. The number of ether oxygens (including phenoxy) is 2. The van der Waals surface area contributed by atoms with Gasteiger partial charge in [0.05, 0.1) is 25.4 Å². The Morgan fingerprint density at radius 2 is 1.39 bits per heavy atom. The van der Waals surface area contributed by atoms with Crippen LogP contribution in [-0.4, -0.2) is 32.3 Å². The molecule has 5 rings (SSSR count). The van der Waals surface area contributed by atoms with Crippen molar-refractivity contribution < 1.29 is 23.6 Å². The van der Waals surface area contributed by atoms with Gasteiger partial charge in [-0.3, -0.25) is 0 Å². The number of carbonyl (C=O) groups excluding carboxylic acids is 2. The van der Waals surface area contributed by atoms with Gasteiger partial charge in [-0.15, -0.1) is 0 Å². The smallest absolute Gasteiger partial charge is 0.336 e. The molecule has 0 amide bonds. The minimum atomic E-state index is -3.34. The Bertz CT molecular complexity index is 1160. The van der Waals surface area contributed by atoms with Crippen LogP contribution in [-0.2, 0) is 28.8 Å². The van der Waals surface area contributed by atoms with Gasteiger partial charge in [0.25, 0.3) is 0 Å². The van der Waals surface area contributed by atoms with Gasteiger partial charge in [0.2, 0.25) is 0 Å². The summed E-state index contributed by atoms with van der Waals surface area (Å²) in [7, 11) is -0.768. The molecule has 0 fully saturated rings. The summed E-state index contributed by atoms with van der Waals surface area (Å²) in [5.74, 6) is -1.27. The van der Waals surface area contributed by atoms with Crippen molar-refractivity contribution in [2.45, 2.75) is 19.0 Å². The molecule has 2 aromatic rings. The highest BCUT2D eigenvalue weighted by atomic mass is 31.2. The normalized spacial score (nSPS) is 29.4. The third-order valence-corrected chi connectivity index (χ3v) is 10.7. The quantitative estimate of drug-likeness (QED) is 0.408. The van der Waals surface area contributed by atoms with Gasteiger partial charge < -0.3 is 14.0 Å². The zero-order valence-corrected chi connectivity index (χ0v) is 18.9. The third kappa shape index (κ3) is 2.73. The molecule has 0 spiro atoms. The summed E-state index contributed by atoms with van der Waals surface area (Å²) in [5, 5.41) is -0.659. The minimum Gasteiger partial charge on any atom is -0.466 e. The van der Waals surface area contributed by atoms with Gasteiger partial charge in [-0.2, -0.15) is 0 Å². The predicted octanol–water partition coefficient (Wildman–Crippen LogP) is 4.19. The highest BCUT2D eigenvalue weighted by Crippen LogP contribution is 2.77. The van der Waals surface area contributed by atoms with E-state index in [4.69, 9.17) is 9.47 Å². The van der Waals surface area contributed by atoms with Crippen molar-refractivity contribution in [1.82, 2.24) is 0 Å². The van der Waals surface area contributed by atoms with Gasteiger partial charge in [-0.05, 0) is 12.5 Å². The first-order valence-corrected chi connectivity index (χ1v) is 12.0. The lowest BCUT2D eigenvalue weighted by atomic mass is 9.66. The molecule has 2 aromatic carbocycles. The van der Waals surface area contributed by atoms with Crippen molar-refractivity contribution in [2.75, 3.05) is 20.4 Å². The topological polar surface area (TPSA) is 69.7 Å². The van der Waals surface area contributed by atoms with Crippen molar-refractivity contribution in [3.63, 3.8) is 0 Å². The number of fused-ring (bicyclic) bond motifs is 1. The van der Waals surface area contributed by atoms with E-state index in [1.165, 1.54) is 14.2 Å². The van der Waals surface area contributed by atoms with Gasteiger partial charge in [0, 0.05) is 16.9 Å². The number of hydrogen-bond acceptors (Lipinski definition) is 5. The molecule has 31 heavy (non-hydrogen) atoms. The van der Waals surface area contributed by atoms with Crippen molar-refractivity contribution >= 4 is 24.4 Å². The second-order valence-corrected chi connectivity index (χ2v) is 11.3. The van der Waals surface area contributed by atoms with Crippen LogP contribution in [0.3, 0.4) is 0 Å². The van der Waals surface area contributed by atoms with Gasteiger partial charge in [0.15, 0.2) is 0 Å². The number of rotatable bonds is 4. The summed E-state index contributed by atoms with van der Waals surface area (Å²) >= 11 is 0. The Kier molecular flexibility index (Phi) is 5.06. The van der Waals surface area contributed by atoms with Crippen LogP contribution in [0.2, 0.25) is 0 Å². The molecule has 0 aromatic heterocycles. The Labute approximate surface area is 182 Å². The standard InChI is InChI=1S/C25H25O5P/c1-17-15-25(18-11-7-5-8-12-18)21(23(27)30-4)20(22(26)29-3)24(17,2)16-31(25,28)19-13-9-6-10-14-19/h5-15H,16H2,1-4H3. The summed E-state index contributed by atoms with van der Waals surface area (Å²) in [5.41, 5.74) is 0.989. The third-order valence-electron chi connectivity index (χ3n) is 6.75. The molecular weight excluding hydrogens is 411 g/mol. The maximum absolute atomic E-state index is 15.1. The summed E-state index contributed by atoms with van der Waals surface area (Å²) < 4.78 is 25.4. The first-order valence-electron chi connectivity index (χ1n) is 10.1.